The van der Waals surface area contributed by atoms with E-state index in [0.29, 0.717) is 12.2 Å². The van der Waals surface area contributed by atoms with Gasteiger partial charge in [0.2, 0.25) is 0 Å². The van der Waals surface area contributed by atoms with Crippen molar-refractivity contribution in [2.75, 3.05) is 7.11 Å². The van der Waals surface area contributed by atoms with Crippen molar-refractivity contribution in [1.29, 1.82) is 0 Å². The third-order valence-corrected chi connectivity index (χ3v) is 3.29. The van der Waals surface area contributed by atoms with E-state index in [1.165, 1.54) is 0 Å². The highest BCUT2D eigenvalue weighted by molar-refractivity contribution is 5.72. The van der Waals surface area contributed by atoms with E-state index in [2.05, 4.69) is 0 Å². The number of fused-ring (bicyclic) bond motifs is 1. The predicted octanol–water partition coefficient (Wildman–Crippen LogP) is 1.62. The second-order valence-corrected chi connectivity index (χ2v) is 4.24. The minimum Gasteiger partial charge on any atom is -0.496 e. The Morgan fingerprint density at radius 1 is 1.59 bits per heavy atom. The largest absolute Gasteiger partial charge is 0.496 e. The van der Waals surface area contributed by atoms with E-state index in [4.69, 9.17) is 9.84 Å². The standard InChI is InChI=1S/C13H14O4/c1-17-11-4-2-3-8-5-9(7-14)10(13(8)11)6-12(15)16/h2-4,7,9-10H,5-6H2,1H3,(H,15,16). The fourth-order valence-electron chi connectivity index (χ4n) is 2.56. The predicted molar refractivity (Wildman–Crippen MR) is 61.2 cm³/mol. The molecule has 0 fully saturated rings. The van der Waals surface area contributed by atoms with Crippen LogP contribution in [0.5, 0.6) is 5.75 Å². The van der Waals surface area contributed by atoms with Gasteiger partial charge in [-0.3, -0.25) is 4.79 Å². The maximum absolute atomic E-state index is 11.0. The van der Waals surface area contributed by atoms with E-state index in [-0.39, 0.29) is 18.3 Å². The van der Waals surface area contributed by atoms with Crippen LogP contribution in [0.2, 0.25) is 0 Å². The van der Waals surface area contributed by atoms with Gasteiger partial charge in [0.05, 0.1) is 13.5 Å². The highest BCUT2D eigenvalue weighted by Crippen LogP contribution is 2.44. The maximum atomic E-state index is 11.0. The number of carbonyl (C=O) groups is 2. The molecule has 0 aliphatic heterocycles. The molecule has 1 aromatic rings. The molecule has 1 aromatic carbocycles. The summed E-state index contributed by atoms with van der Waals surface area (Å²) in [7, 11) is 1.56. The Labute approximate surface area is 99.2 Å². The second-order valence-electron chi connectivity index (χ2n) is 4.24. The van der Waals surface area contributed by atoms with Crippen LogP contribution >= 0.6 is 0 Å². The zero-order valence-corrected chi connectivity index (χ0v) is 9.55. The molecule has 2 unspecified atom stereocenters. The number of hydrogen-bond acceptors (Lipinski definition) is 3. The molecule has 0 aromatic heterocycles. The van der Waals surface area contributed by atoms with Gasteiger partial charge < -0.3 is 14.6 Å². The minimum absolute atomic E-state index is 0.0310. The van der Waals surface area contributed by atoms with Crippen LogP contribution in [0.1, 0.15) is 23.5 Å². The molecule has 2 atom stereocenters. The Kier molecular flexibility index (Phi) is 3.13. The van der Waals surface area contributed by atoms with E-state index in [0.717, 1.165) is 17.4 Å². The molecule has 4 nitrogen and oxygen atoms in total. The first-order chi connectivity index (χ1) is 8.17. The van der Waals surface area contributed by atoms with Crippen molar-refractivity contribution in [3.63, 3.8) is 0 Å². The van der Waals surface area contributed by atoms with Crippen molar-refractivity contribution in [3.05, 3.63) is 29.3 Å². The molecule has 0 bridgehead atoms. The molecule has 4 heteroatoms. The first kappa shape index (κ1) is 11.6. The van der Waals surface area contributed by atoms with Crippen molar-refractivity contribution >= 4 is 12.3 Å². The number of benzene rings is 1. The Morgan fingerprint density at radius 3 is 2.94 bits per heavy atom. The molecule has 1 aliphatic carbocycles. The fourth-order valence-corrected chi connectivity index (χ4v) is 2.56. The number of ether oxygens (including phenoxy) is 1. The van der Waals surface area contributed by atoms with Crippen LogP contribution in [0.3, 0.4) is 0 Å². The van der Waals surface area contributed by atoms with Gasteiger partial charge in [-0.2, -0.15) is 0 Å². The van der Waals surface area contributed by atoms with Gasteiger partial charge in [0.15, 0.2) is 0 Å². The smallest absolute Gasteiger partial charge is 0.303 e. The van der Waals surface area contributed by atoms with E-state index >= 15 is 0 Å². The third kappa shape index (κ3) is 2.02. The van der Waals surface area contributed by atoms with E-state index < -0.39 is 5.97 Å². The average Bonchev–Trinajstić information content (AvgIpc) is 2.66. The SMILES string of the molecule is COc1cccc2c1C(CC(=O)O)C(C=O)C2. The van der Waals surface area contributed by atoms with Crippen LogP contribution in [0.4, 0.5) is 0 Å². The highest BCUT2D eigenvalue weighted by atomic mass is 16.5. The van der Waals surface area contributed by atoms with Crippen LogP contribution in [0.25, 0.3) is 0 Å². The number of rotatable bonds is 4. The van der Waals surface area contributed by atoms with Crippen LogP contribution in [0, 0.1) is 5.92 Å². The summed E-state index contributed by atoms with van der Waals surface area (Å²) in [4.78, 5) is 21.9. The van der Waals surface area contributed by atoms with Crippen molar-refractivity contribution in [1.82, 2.24) is 0 Å². The topological polar surface area (TPSA) is 63.6 Å². The number of carboxylic acid groups (broad SMARTS) is 1. The van der Waals surface area contributed by atoms with Gasteiger partial charge in [-0.25, -0.2) is 0 Å². The van der Waals surface area contributed by atoms with Crippen LogP contribution in [-0.4, -0.2) is 24.5 Å². The number of methoxy groups -OCH3 is 1. The minimum atomic E-state index is -0.888. The summed E-state index contributed by atoms with van der Waals surface area (Å²) >= 11 is 0. The zero-order chi connectivity index (χ0) is 12.4. The lowest BCUT2D eigenvalue weighted by Crippen LogP contribution is -2.14. The number of carbonyl (C=O) groups excluding carboxylic acids is 1. The van der Waals surface area contributed by atoms with Crippen molar-refractivity contribution in [2.45, 2.75) is 18.8 Å². The second kappa shape index (κ2) is 4.57. The lowest BCUT2D eigenvalue weighted by atomic mass is 9.90. The van der Waals surface area contributed by atoms with Gasteiger partial charge >= 0.3 is 5.97 Å². The summed E-state index contributed by atoms with van der Waals surface area (Å²) in [5.41, 5.74) is 1.90. The fraction of sp³-hybridized carbons (Fsp3) is 0.385. The number of aliphatic carboxylic acids is 1. The Bertz CT molecular complexity index is 453. The Morgan fingerprint density at radius 2 is 2.35 bits per heavy atom. The summed E-state index contributed by atoms with van der Waals surface area (Å²) in [6, 6.07) is 5.60. The van der Waals surface area contributed by atoms with Gasteiger partial charge in [0.25, 0.3) is 0 Å². The van der Waals surface area contributed by atoms with Crippen LogP contribution in [0.15, 0.2) is 18.2 Å². The summed E-state index contributed by atoms with van der Waals surface area (Å²) in [6.45, 7) is 0. The number of hydrogen-bond donors (Lipinski definition) is 1. The molecule has 0 saturated carbocycles. The summed E-state index contributed by atoms with van der Waals surface area (Å²) in [5.74, 6) is -0.729. The maximum Gasteiger partial charge on any atom is 0.303 e. The monoisotopic (exact) mass is 234 g/mol. The summed E-state index contributed by atoms with van der Waals surface area (Å²) in [6.07, 6.45) is 1.43. The van der Waals surface area contributed by atoms with Gasteiger partial charge in [0.1, 0.15) is 12.0 Å². The molecule has 0 radical (unpaired) electrons. The van der Waals surface area contributed by atoms with Crippen molar-refractivity contribution < 1.29 is 19.4 Å². The molecular formula is C13H14O4. The van der Waals surface area contributed by atoms with Gasteiger partial charge in [-0.1, -0.05) is 12.1 Å². The average molecular weight is 234 g/mol. The molecule has 1 N–H and O–H groups in total. The first-order valence-corrected chi connectivity index (χ1v) is 5.50. The quantitative estimate of drug-likeness (QED) is 0.804. The summed E-state index contributed by atoms with van der Waals surface area (Å²) in [5, 5.41) is 8.92. The Hall–Kier alpha value is -1.84. The molecule has 0 spiro atoms. The van der Waals surface area contributed by atoms with Gasteiger partial charge in [0, 0.05) is 17.4 Å². The van der Waals surface area contributed by atoms with Gasteiger partial charge in [-0.15, -0.1) is 0 Å². The van der Waals surface area contributed by atoms with Crippen molar-refractivity contribution in [2.24, 2.45) is 5.92 Å². The molecule has 2 rings (SSSR count). The zero-order valence-electron chi connectivity index (χ0n) is 9.55. The van der Waals surface area contributed by atoms with E-state index in [9.17, 15) is 9.59 Å². The normalized spacial score (nSPS) is 21.9. The highest BCUT2D eigenvalue weighted by Gasteiger charge is 2.35. The molecule has 90 valence electrons. The van der Waals surface area contributed by atoms with Crippen molar-refractivity contribution in [3.8, 4) is 5.75 Å². The molecule has 0 heterocycles. The first-order valence-electron chi connectivity index (χ1n) is 5.50. The van der Waals surface area contributed by atoms with Crippen LogP contribution < -0.4 is 4.74 Å². The third-order valence-electron chi connectivity index (χ3n) is 3.29. The molecule has 1 aliphatic rings. The lowest BCUT2D eigenvalue weighted by Gasteiger charge is -2.15. The molecular weight excluding hydrogens is 220 g/mol. The number of carboxylic acids is 1. The van der Waals surface area contributed by atoms with E-state index in [1.807, 2.05) is 12.1 Å². The Balaban J connectivity index is 2.44. The molecule has 0 amide bonds. The van der Waals surface area contributed by atoms with Gasteiger partial charge in [-0.05, 0) is 18.1 Å². The number of aldehydes is 1. The molecule has 17 heavy (non-hydrogen) atoms. The lowest BCUT2D eigenvalue weighted by molar-refractivity contribution is -0.137. The van der Waals surface area contributed by atoms with E-state index in [1.54, 1.807) is 13.2 Å². The molecule has 0 saturated heterocycles. The van der Waals surface area contributed by atoms with Crippen LogP contribution in [-0.2, 0) is 16.0 Å². The summed E-state index contributed by atoms with van der Waals surface area (Å²) < 4.78 is 5.25.